The van der Waals surface area contributed by atoms with Gasteiger partial charge in [-0.05, 0) is 31.6 Å². The van der Waals surface area contributed by atoms with Crippen molar-refractivity contribution < 1.29 is 10.0 Å². The third-order valence-corrected chi connectivity index (χ3v) is 3.09. The summed E-state index contributed by atoms with van der Waals surface area (Å²) in [5.74, 6) is 0. The summed E-state index contributed by atoms with van der Waals surface area (Å²) in [6.07, 6.45) is 5.06. The Hall–Kier alpha value is -2.58. The minimum Gasteiger partial charge on any atom is -0.383 e. The molecule has 2 amide bonds. The fourth-order valence-corrected chi connectivity index (χ4v) is 1.91. The van der Waals surface area contributed by atoms with E-state index < -0.39 is 6.03 Å². The van der Waals surface area contributed by atoms with Crippen molar-refractivity contribution in [1.82, 2.24) is 20.8 Å². The number of nitrogens with two attached hydrogens (primary N) is 1. The van der Waals surface area contributed by atoms with E-state index in [-0.39, 0.29) is 0 Å². The molecule has 0 heterocycles. The molecule has 24 heavy (non-hydrogen) atoms. The fraction of sp³-hybridized carbons (Fsp3) is 0.375. The Morgan fingerprint density at radius 3 is 2.29 bits per heavy atom. The van der Waals surface area contributed by atoms with Gasteiger partial charge in [-0.25, -0.2) is 10.2 Å². The van der Waals surface area contributed by atoms with Gasteiger partial charge < -0.3 is 16.0 Å². The standard InChI is InChI=1S/C16H28N6O2/c1-8-14(22(24)19-5)9-13(10-21(6)7)15(18-4)11(2)12(3)20-16(17)23/h8-10,19,24H,1H2,2-7H3,(H3,17,20,23)/b12-11+,13-10+,14-9+,18-15?. The van der Waals surface area contributed by atoms with Crippen LogP contribution in [-0.4, -0.2) is 55.2 Å². The minimum atomic E-state index is -0.639. The largest absolute Gasteiger partial charge is 0.383 e. The third-order valence-electron chi connectivity index (χ3n) is 3.09. The number of aliphatic imine (C=N–C) groups is 1. The van der Waals surface area contributed by atoms with Crippen LogP contribution in [0.4, 0.5) is 4.79 Å². The molecule has 5 N–H and O–H groups in total. The Morgan fingerprint density at radius 1 is 1.33 bits per heavy atom. The third kappa shape index (κ3) is 6.67. The molecule has 8 heteroatoms. The number of hydrogen-bond donors (Lipinski definition) is 4. The first kappa shape index (κ1) is 21.4. The average Bonchev–Trinajstić information content (AvgIpc) is 2.50. The predicted octanol–water partition coefficient (Wildman–Crippen LogP) is 1.36. The zero-order chi connectivity index (χ0) is 18.9. The first-order valence-electron chi connectivity index (χ1n) is 7.28. The van der Waals surface area contributed by atoms with Gasteiger partial charge in [-0.3, -0.25) is 10.2 Å². The Morgan fingerprint density at radius 2 is 1.92 bits per heavy atom. The highest BCUT2D eigenvalue weighted by Gasteiger charge is 2.13. The topological polar surface area (TPSA) is 106 Å². The van der Waals surface area contributed by atoms with Crippen molar-refractivity contribution in [1.29, 1.82) is 0 Å². The first-order chi connectivity index (χ1) is 11.2. The second kappa shape index (κ2) is 10.2. The lowest BCUT2D eigenvalue weighted by Crippen LogP contribution is -2.30. The number of hydroxylamine groups is 1. The molecule has 0 aliphatic heterocycles. The van der Waals surface area contributed by atoms with Crippen molar-refractivity contribution in [2.45, 2.75) is 13.8 Å². The Labute approximate surface area is 143 Å². The van der Waals surface area contributed by atoms with E-state index in [0.717, 1.165) is 16.3 Å². The lowest BCUT2D eigenvalue weighted by Gasteiger charge is -2.19. The van der Waals surface area contributed by atoms with Crippen molar-refractivity contribution in [3.05, 3.63) is 47.5 Å². The number of nitrogens with one attached hydrogen (secondary N) is 2. The molecular weight excluding hydrogens is 308 g/mol. The van der Waals surface area contributed by atoms with E-state index >= 15 is 0 Å². The number of hydrogen-bond acceptors (Lipinski definition) is 6. The van der Waals surface area contributed by atoms with E-state index in [9.17, 15) is 10.0 Å². The Kier molecular flexibility index (Phi) is 9.14. The van der Waals surface area contributed by atoms with Crippen LogP contribution in [0.1, 0.15) is 13.8 Å². The van der Waals surface area contributed by atoms with Gasteiger partial charge in [-0.1, -0.05) is 6.58 Å². The maximum atomic E-state index is 11.1. The first-order valence-corrected chi connectivity index (χ1v) is 7.28. The molecule has 0 aromatic heterocycles. The number of carbonyl (C=O) groups is 1. The van der Waals surface area contributed by atoms with Crippen LogP contribution in [0.3, 0.4) is 0 Å². The van der Waals surface area contributed by atoms with Crippen LogP contribution in [0, 0.1) is 0 Å². The second-order valence-electron chi connectivity index (χ2n) is 5.17. The molecule has 0 spiro atoms. The van der Waals surface area contributed by atoms with E-state index in [1.807, 2.05) is 32.1 Å². The summed E-state index contributed by atoms with van der Waals surface area (Å²) < 4.78 is 0. The Bertz CT molecular complexity index is 587. The van der Waals surface area contributed by atoms with Crippen LogP contribution in [0.25, 0.3) is 0 Å². The summed E-state index contributed by atoms with van der Waals surface area (Å²) in [6.45, 7) is 7.26. The van der Waals surface area contributed by atoms with Crippen LogP contribution in [-0.2, 0) is 0 Å². The van der Waals surface area contributed by atoms with Crippen molar-refractivity contribution in [3.63, 3.8) is 0 Å². The van der Waals surface area contributed by atoms with Gasteiger partial charge in [0.05, 0.1) is 11.4 Å². The maximum absolute atomic E-state index is 11.1. The highest BCUT2D eigenvalue weighted by molar-refractivity contribution is 6.14. The van der Waals surface area contributed by atoms with Crippen molar-refractivity contribution in [3.8, 4) is 0 Å². The number of carbonyl (C=O) groups excluding carboxylic acids is 1. The molecule has 0 saturated carbocycles. The summed E-state index contributed by atoms with van der Waals surface area (Å²) in [5.41, 5.74) is 10.9. The minimum absolute atomic E-state index is 0.431. The molecular formula is C16H28N6O2. The van der Waals surface area contributed by atoms with Crippen LogP contribution in [0.15, 0.2) is 52.5 Å². The summed E-state index contributed by atoms with van der Waals surface area (Å²) in [4.78, 5) is 17.2. The van der Waals surface area contributed by atoms with Crippen LogP contribution in [0.5, 0.6) is 0 Å². The molecule has 0 bridgehead atoms. The number of amides is 2. The molecule has 134 valence electrons. The highest BCUT2D eigenvalue weighted by Crippen LogP contribution is 2.16. The number of urea groups is 1. The van der Waals surface area contributed by atoms with Crippen molar-refractivity contribution in [2.75, 3.05) is 28.2 Å². The lowest BCUT2D eigenvalue weighted by molar-refractivity contribution is -0.0911. The normalized spacial score (nSPS) is 14.0. The van der Waals surface area contributed by atoms with Crippen LogP contribution >= 0.6 is 0 Å². The molecule has 0 aliphatic carbocycles. The number of allylic oxidation sites excluding steroid dienone is 5. The summed E-state index contributed by atoms with van der Waals surface area (Å²) in [5, 5.41) is 13.2. The molecule has 0 aliphatic rings. The average molecular weight is 336 g/mol. The van der Waals surface area contributed by atoms with E-state index in [2.05, 4.69) is 22.3 Å². The molecule has 0 fully saturated rings. The van der Waals surface area contributed by atoms with Gasteiger partial charge in [0.25, 0.3) is 0 Å². The van der Waals surface area contributed by atoms with Crippen molar-refractivity contribution >= 4 is 11.7 Å². The lowest BCUT2D eigenvalue weighted by atomic mass is 10.0. The molecule has 0 atom stereocenters. The van der Waals surface area contributed by atoms with E-state index in [4.69, 9.17) is 5.73 Å². The van der Waals surface area contributed by atoms with Gasteiger partial charge in [0.1, 0.15) is 0 Å². The number of primary amides is 1. The highest BCUT2D eigenvalue weighted by atomic mass is 16.5. The van der Waals surface area contributed by atoms with Crippen LogP contribution in [0.2, 0.25) is 0 Å². The van der Waals surface area contributed by atoms with E-state index in [1.165, 1.54) is 6.08 Å². The van der Waals surface area contributed by atoms with Gasteiger partial charge in [0.15, 0.2) is 0 Å². The van der Waals surface area contributed by atoms with Gasteiger partial charge in [-0.15, -0.1) is 0 Å². The number of rotatable bonds is 8. The van der Waals surface area contributed by atoms with Gasteiger partial charge in [0.2, 0.25) is 0 Å². The maximum Gasteiger partial charge on any atom is 0.316 e. The zero-order valence-electron chi connectivity index (χ0n) is 15.2. The molecule has 0 unspecified atom stereocenters. The number of nitrogens with zero attached hydrogens (tertiary/aromatic N) is 3. The summed E-state index contributed by atoms with van der Waals surface area (Å²) in [6, 6.07) is -0.639. The summed E-state index contributed by atoms with van der Waals surface area (Å²) >= 11 is 0. The van der Waals surface area contributed by atoms with E-state index in [1.54, 1.807) is 27.1 Å². The fourth-order valence-electron chi connectivity index (χ4n) is 1.91. The second-order valence-corrected chi connectivity index (χ2v) is 5.17. The van der Waals surface area contributed by atoms with Crippen LogP contribution < -0.4 is 16.5 Å². The molecule has 0 radical (unpaired) electrons. The van der Waals surface area contributed by atoms with Gasteiger partial charge in [-0.2, -0.15) is 5.17 Å². The summed E-state index contributed by atoms with van der Waals surface area (Å²) in [7, 11) is 6.97. The van der Waals surface area contributed by atoms with Gasteiger partial charge >= 0.3 is 6.03 Å². The predicted molar refractivity (Wildman–Crippen MR) is 97.2 cm³/mol. The van der Waals surface area contributed by atoms with Gasteiger partial charge in [0, 0.05) is 45.7 Å². The molecule has 0 rings (SSSR count). The molecule has 0 aromatic rings. The number of hydrazine groups is 1. The monoisotopic (exact) mass is 336 g/mol. The van der Waals surface area contributed by atoms with Crippen molar-refractivity contribution in [2.24, 2.45) is 10.7 Å². The quantitative estimate of drug-likeness (QED) is 0.304. The smallest absolute Gasteiger partial charge is 0.316 e. The molecule has 0 saturated heterocycles. The Balaban J connectivity index is 6.12. The van der Waals surface area contributed by atoms with E-state index in [0.29, 0.717) is 17.1 Å². The molecule has 0 aromatic carbocycles. The zero-order valence-corrected chi connectivity index (χ0v) is 15.2. The SMILES string of the molecule is C=C/C(=C\C(=C/N(C)C)C(=NC)/C(C)=C(\C)NC(N)=O)N(O)NC. The molecule has 8 nitrogen and oxygen atoms in total.